The highest BCUT2D eigenvalue weighted by molar-refractivity contribution is 7.87. The number of ether oxygens (including phenoxy) is 3. The Balaban J connectivity index is 3.34. The summed E-state index contributed by atoms with van der Waals surface area (Å²) in [7, 11) is -2.56. The van der Waals surface area contributed by atoms with E-state index in [4.69, 9.17) is 43.7 Å². The topological polar surface area (TPSA) is 127 Å². The number of carbonyl (C=O) groups excluding carboxylic acids is 2. The summed E-state index contributed by atoms with van der Waals surface area (Å²) in [4.78, 5) is 25.7. The highest BCUT2D eigenvalue weighted by Gasteiger charge is 2.37. The van der Waals surface area contributed by atoms with Crippen molar-refractivity contribution in [1.29, 1.82) is 0 Å². The summed E-state index contributed by atoms with van der Waals surface area (Å²) < 4.78 is 58.9. The van der Waals surface area contributed by atoms with Crippen molar-refractivity contribution < 1.29 is 45.6 Å². The molecule has 0 heterocycles. The van der Waals surface area contributed by atoms with Gasteiger partial charge in [-0.2, -0.15) is 8.42 Å². The quantitative estimate of drug-likeness (QED) is 0.101. The molecule has 3 atom stereocenters. The van der Waals surface area contributed by atoms with Crippen LogP contribution in [-0.2, 0) is 38.1 Å². The van der Waals surface area contributed by atoms with Crippen molar-refractivity contribution in [3.05, 3.63) is 27.2 Å². The smallest absolute Gasteiger partial charge is 0.467 e. The van der Waals surface area contributed by atoms with Crippen molar-refractivity contribution in [3.63, 3.8) is 0 Å². The molecule has 174 valence electrons. The summed E-state index contributed by atoms with van der Waals surface area (Å²) in [6, 6.07) is 1.99. The number of halogens is 4. The minimum absolute atomic E-state index is 0.00967. The van der Waals surface area contributed by atoms with E-state index in [0.717, 1.165) is 26.4 Å². The number of benzene rings is 1. The number of hydrogen-bond donors (Lipinski definition) is 0. The van der Waals surface area contributed by atoms with E-state index in [2.05, 4.69) is 19.5 Å². The molecule has 0 saturated carbocycles. The predicted octanol–water partition coefficient (Wildman–Crippen LogP) is 3.26. The van der Waals surface area contributed by atoms with Crippen LogP contribution < -0.4 is 0 Å². The van der Waals surface area contributed by atoms with Crippen LogP contribution in [0.3, 0.4) is 0 Å². The Morgan fingerprint density at radius 1 is 1.16 bits per heavy atom. The minimum Gasteiger partial charge on any atom is -0.467 e. The lowest BCUT2D eigenvalue weighted by Crippen LogP contribution is -2.41. The fourth-order valence-corrected chi connectivity index (χ4v) is 4.21. The SMILES string of the molecule is CON=C[C@H](F)[C@H](COC=O)[C@H](COC(=O)OC)OS(=O)(=O)c1cc(Cl)c(Cl)cc1Cl. The molecule has 0 fully saturated rings. The van der Waals surface area contributed by atoms with Gasteiger partial charge in [0, 0.05) is 0 Å². The summed E-state index contributed by atoms with van der Waals surface area (Å²) in [5, 5.41) is 2.75. The zero-order valence-electron chi connectivity index (χ0n) is 16.0. The first-order chi connectivity index (χ1) is 14.6. The van der Waals surface area contributed by atoms with Crippen molar-refractivity contribution in [2.45, 2.75) is 17.2 Å². The molecule has 0 aliphatic rings. The molecule has 0 bridgehead atoms. The van der Waals surface area contributed by atoms with Gasteiger partial charge in [-0.1, -0.05) is 40.0 Å². The third-order valence-corrected chi connectivity index (χ3v) is 6.10. The molecular formula is C16H17Cl3FNO9S. The van der Waals surface area contributed by atoms with Crippen LogP contribution in [0.5, 0.6) is 0 Å². The summed E-state index contributed by atoms with van der Waals surface area (Å²) in [6.45, 7) is -1.46. The molecule has 0 aliphatic heterocycles. The Morgan fingerprint density at radius 2 is 1.81 bits per heavy atom. The predicted molar refractivity (Wildman–Crippen MR) is 108 cm³/mol. The van der Waals surface area contributed by atoms with Crippen LogP contribution in [0.25, 0.3) is 0 Å². The van der Waals surface area contributed by atoms with Gasteiger partial charge in [-0.05, 0) is 12.1 Å². The molecule has 0 aromatic heterocycles. The van der Waals surface area contributed by atoms with E-state index in [0.29, 0.717) is 6.21 Å². The lowest BCUT2D eigenvalue weighted by atomic mass is 9.99. The Labute approximate surface area is 192 Å². The van der Waals surface area contributed by atoms with E-state index in [1.807, 2.05) is 0 Å². The zero-order chi connectivity index (χ0) is 23.6. The lowest BCUT2D eigenvalue weighted by Gasteiger charge is -2.26. The first kappa shape index (κ1) is 27.2. The van der Waals surface area contributed by atoms with Crippen molar-refractivity contribution in [3.8, 4) is 0 Å². The van der Waals surface area contributed by atoms with Gasteiger partial charge in [0.1, 0.15) is 30.9 Å². The molecule has 31 heavy (non-hydrogen) atoms. The molecule has 1 aromatic rings. The molecule has 0 spiro atoms. The number of rotatable bonds is 12. The molecular weight excluding hydrogens is 508 g/mol. The van der Waals surface area contributed by atoms with Gasteiger partial charge in [0.2, 0.25) is 0 Å². The van der Waals surface area contributed by atoms with Crippen LogP contribution in [0.2, 0.25) is 15.1 Å². The molecule has 0 unspecified atom stereocenters. The average molecular weight is 525 g/mol. The molecule has 0 N–H and O–H groups in total. The number of nitrogens with zero attached hydrogens (tertiary/aromatic N) is 1. The fraction of sp³-hybridized carbons (Fsp3) is 0.438. The largest absolute Gasteiger partial charge is 0.508 e. The summed E-state index contributed by atoms with van der Waals surface area (Å²) in [5.74, 6) is -1.51. The van der Waals surface area contributed by atoms with Crippen LogP contribution in [0.4, 0.5) is 9.18 Å². The monoisotopic (exact) mass is 523 g/mol. The van der Waals surface area contributed by atoms with E-state index >= 15 is 0 Å². The van der Waals surface area contributed by atoms with Crippen LogP contribution in [-0.4, -0.2) is 67.0 Å². The number of carbonyl (C=O) groups is 2. The number of methoxy groups -OCH3 is 1. The molecule has 15 heteroatoms. The van der Waals surface area contributed by atoms with Gasteiger partial charge in [-0.3, -0.25) is 8.98 Å². The van der Waals surface area contributed by atoms with Gasteiger partial charge in [-0.15, -0.1) is 0 Å². The van der Waals surface area contributed by atoms with Crippen molar-refractivity contribution >= 4 is 63.8 Å². The average Bonchev–Trinajstić information content (AvgIpc) is 2.72. The maximum atomic E-state index is 14.7. The van der Waals surface area contributed by atoms with Crippen molar-refractivity contribution in [2.24, 2.45) is 11.1 Å². The van der Waals surface area contributed by atoms with Gasteiger partial charge in [-0.25, -0.2) is 9.18 Å². The second-order valence-corrected chi connectivity index (χ2v) is 8.29. The van der Waals surface area contributed by atoms with Crippen molar-refractivity contribution in [1.82, 2.24) is 0 Å². The molecule has 0 saturated heterocycles. The molecule has 0 radical (unpaired) electrons. The van der Waals surface area contributed by atoms with E-state index in [1.54, 1.807) is 0 Å². The van der Waals surface area contributed by atoms with E-state index in [9.17, 15) is 22.4 Å². The number of hydrogen-bond acceptors (Lipinski definition) is 10. The summed E-state index contributed by atoms with van der Waals surface area (Å²) in [5.41, 5.74) is 0. The molecule has 10 nitrogen and oxygen atoms in total. The van der Waals surface area contributed by atoms with Crippen LogP contribution >= 0.6 is 34.8 Å². The van der Waals surface area contributed by atoms with E-state index in [-0.39, 0.29) is 21.5 Å². The highest BCUT2D eigenvalue weighted by Crippen LogP contribution is 2.33. The van der Waals surface area contributed by atoms with E-state index in [1.165, 1.54) is 0 Å². The van der Waals surface area contributed by atoms with Crippen LogP contribution in [0.1, 0.15) is 0 Å². The standard InChI is InChI=1S/C16H17Cl3FNO9S/c1-26-16(23)29-7-14(9(6-28-8-22)13(20)5-21-27-2)30-31(24,25)15-4-11(18)10(17)3-12(15)19/h3-5,8-9,13-14H,6-7H2,1-2H3/t9-,13-,14-/m0/s1. The van der Waals surface area contributed by atoms with Crippen LogP contribution in [0, 0.1) is 5.92 Å². The van der Waals surface area contributed by atoms with Crippen molar-refractivity contribution in [2.75, 3.05) is 27.4 Å². The first-order valence-electron chi connectivity index (χ1n) is 8.11. The van der Waals surface area contributed by atoms with Gasteiger partial charge in [0.15, 0.2) is 0 Å². The zero-order valence-corrected chi connectivity index (χ0v) is 19.1. The van der Waals surface area contributed by atoms with Gasteiger partial charge < -0.3 is 19.0 Å². The second-order valence-electron chi connectivity index (χ2n) is 5.53. The van der Waals surface area contributed by atoms with Gasteiger partial charge >= 0.3 is 6.16 Å². The van der Waals surface area contributed by atoms with E-state index < -0.39 is 52.6 Å². The molecule has 0 aliphatic carbocycles. The third kappa shape index (κ3) is 8.30. The lowest BCUT2D eigenvalue weighted by molar-refractivity contribution is -0.131. The molecule has 1 aromatic carbocycles. The maximum Gasteiger partial charge on any atom is 0.508 e. The first-order valence-corrected chi connectivity index (χ1v) is 10.7. The second kappa shape index (κ2) is 12.9. The minimum atomic E-state index is -4.70. The molecule has 0 amide bonds. The normalized spacial score (nSPS) is 14.5. The molecule has 1 rings (SSSR count). The Morgan fingerprint density at radius 3 is 2.39 bits per heavy atom. The highest BCUT2D eigenvalue weighted by atomic mass is 35.5. The number of oxime groups is 1. The fourth-order valence-electron chi connectivity index (χ4n) is 2.13. The maximum absolute atomic E-state index is 14.7. The number of alkyl halides is 1. The Kier molecular flexibility index (Phi) is 11.3. The summed E-state index contributed by atoms with van der Waals surface area (Å²) >= 11 is 17.6. The Hall–Kier alpha value is -1.86. The Bertz CT molecular complexity index is 901. The van der Waals surface area contributed by atoms with Crippen LogP contribution in [0.15, 0.2) is 22.2 Å². The van der Waals surface area contributed by atoms with Gasteiger partial charge in [0.05, 0.1) is 40.9 Å². The van der Waals surface area contributed by atoms with Gasteiger partial charge in [0.25, 0.3) is 16.6 Å². The third-order valence-electron chi connectivity index (χ3n) is 3.58. The summed E-state index contributed by atoms with van der Waals surface area (Å²) in [6.07, 6.45) is -4.29.